The predicted molar refractivity (Wildman–Crippen MR) is 130 cm³/mol. The number of rotatable bonds is 11. The molecule has 0 aromatic heterocycles. The van der Waals surface area contributed by atoms with Gasteiger partial charge < -0.3 is 15.4 Å². The smallest absolute Gasteiger partial charge is 0.243 e. The Morgan fingerprint density at radius 2 is 1.76 bits per heavy atom. The second-order valence-electron chi connectivity index (χ2n) is 8.40. The molecule has 0 bridgehead atoms. The van der Waals surface area contributed by atoms with Crippen molar-refractivity contribution in [3.05, 3.63) is 66.2 Å². The number of methoxy groups -OCH3 is 1. The lowest BCUT2D eigenvalue weighted by Crippen LogP contribution is -2.52. The summed E-state index contributed by atoms with van der Waals surface area (Å²) in [5, 5.41) is 5.74. The first-order valence-corrected chi connectivity index (χ1v) is 13.0. The Hall–Kier alpha value is -2.75. The Morgan fingerprint density at radius 3 is 2.44 bits per heavy atom. The van der Waals surface area contributed by atoms with Gasteiger partial charge in [0.15, 0.2) is 0 Å². The highest BCUT2D eigenvalue weighted by Gasteiger charge is 2.34. The quantitative estimate of drug-likeness (QED) is 0.472. The fourth-order valence-electron chi connectivity index (χ4n) is 4.02. The van der Waals surface area contributed by atoms with Crippen LogP contribution in [0.3, 0.4) is 0 Å². The summed E-state index contributed by atoms with van der Waals surface area (Å²) in [6, 6.07) is 17.0. The Kier molecular flexibility index (Phi) is 9.62. The van der Waals surface area contributed by atoms with Crippen molar-refractivity contribution < 1.29 is 22.7 Å². The van der Waals surface area contributed by atoms with E-state index in [1.54, 1.807) is 37.4 Å². The third-order valence-corrected chi connectivity index (χ3v) is 7.76. The highest BCUT2D eigenvalue weighted by molar-refractivity contribution is 7.89. The summed E-state index contributed by atoms with van der Waals surface area (Å²) < 4.78 is 32.4. The molecule has 9 heteroatoms. The monoisotopic (exact) mass is 487 g/mol. The van der Waals surface area contributed by atoms with Gasteiger partial charge in [0, 0.05) is 39.8 Å². The van der Waals surface area contributed by atoms with Crippen LogP contribution in [-0.4, -0.2) is 63.9 Å². The van der Waals surface area contributed by atoms with Crippen molar-refractivity contribution in [1.29, 1.82) is 0 Å². The number of amides is 2. The minimum atomic E-state index is -3.68. The predicted octanol–water partition coefficient (Wildman–Crippen LogP) is 1.97. The summed E-state index contributed by atoms with van der Waals surface area (Å²) in [5.74, 6) is -1.09. The van der Waals surface area contributed by atoms with Gasteiger partial charge in [0.2, 0.25) is 21.8 Å². The fourth-order valence-corrected chi connectivity index (χ4v) is 5.56. The number of piperidine rings is 1. The maximum atomic E-state index is 13.2. The first-order chi connectivity index (χ1) is 16.4. The molecule has 1 aliphatic rings. The molecule has 0 saturated carbocycles. The number of sulfonamides is 1. The highest BCUT2D eigenvalue weighted by atomic mass is 32.2. The van der Waals surface area contributed by atoms with Crippen LogP contribution in [-0.2, 0) is 30.8 Å². The largest absolute Gasteiger partial charge is 0.385 e. The molecular formula is C25H33N3O5S. The first-order valence-electron chi connectivity index (χ1n) is 11.6. The van der Waals surface area contributed by atoms with Crippen molar-refractivity contribution in [2.45, 2.75) is 36.6 Å². The molecule has 1 heterocycles. The van der Waals surface area contributed by atoms with Crippen LogP contribution in [0.25, 0.3) is 0 Å². The van der Waals surface area contributed by atoms with Gasteiger partial charge in [-0.15, -0.1) is 0 Å². The number of nitrogens with zero attached hydrogens (tertiary/aromatic N) is 1. The number of benzene rings is 2. The molecule has 2 N–H and O–H groups in total. The van der Waals surface area contributed by atoms with Gasteiger partial charge in [-0.2, -0.15) is 4.31 Å². The average Bonchev–Trinajstić information content (AvgIpc) is 2.87. The molecule has 3 rings (SSSR count). The van der Waals surface area contributed by atoms with E-state index >= 15 is 0 Å². The Balaban J connectivity index is 1.67. The molecule has 2 unspecified atom stereocenters. The molecule has 2 aromatic rings. The Bertz CT molecular complexity index is 1030. The third kappa shape index (κ3) is 7.12. The van der Waals surface area contributed by atoms with Gasteiger partial charge >= 0.3 is 0 Å². The molecule has 0 aliphatic carbocycles. The fraction of sp³-hybridized carbons (Fsp3) is 0.440. The van der Waals surface area contributed by atoms with Crippen molar-refractivity contribution in [3.63, 3.8) is 0 Å². The lowest BCUT2D eigenvalue weighted by molar-refractivity contribution is -0.131. The van der Waals surface area contributed by atoms with Gasteiger partial charge in [0.25, 0.3) is 0 Å². The summed E-state index contributed by atoms with van der Waals surface area (Å²) in [6.45, 7) is 1.44. The Labute approximate surface area is 201 Å². The van der Waals surface area contributed by atoms with Crippen LogP contribution in [0.1, 0.15) is 24.8 Å². The van der Waals surface area contributed by atoms with E-state index in [-0.39, 0.29) is 23.3 Å². The zero-order valence-corrected chi connectivity index (χ0v) is 20.3. The average molecular weight is 488 g/mol. The number of hydrogen-bond donors (Lipinski definition) is 2. The minimum absolute atomic E-state index is 0.0938. The van der Waals surface area contributed by atoms with Crippen LogP contribution < -0.4 is 10.6 Å². The summed E-state index contributed by atoms with van der Waals surface area (Å²) >= 11 is 0. The molecule has 0 spiro atoms. The maximum absolute atomic E-state index is 13.2. The molecule has 2 amide bonds. The molecule has 2 atom stereocenters. The third-order valence-electron chi connectivity index (χ3n) is 5.88. The molecular weight excluding hydrogens is 454 g/mol. The van der Waals surface area contributed by atoms with Crippen molar-refractivity contribution in [2.24, 2.45) is 5.92 Å². The number of carbonyl (C=O) groups excluding carboxylic acids is 2. The highest BCUT2D eigenvalue weighted by Crippen LogP contribution is 2.24. The second kappa shape index (κ2) is 12.6. The van der Waals surface area contributed by atoms with Crippen molar-refractivity contribution >= 4 is 21.8 Å². The van der Waals surface area contributed by atoms with Gasteiger partial charge in [-0.1, -0.05) is 48.5 Å². The zero-order valence-electron chi connectivity index (χ0n) is 19.5. The summed E-state index contributed by atoms with van der Waals surface area (Å²) in [4.78, 5) is 26.2. The minimum Gasteiger partial charge on any atom is -0.385 e. The maximum Gasteiger partial charge on any atom is 0.243 e. The van der Waals surface area contributed by atoms with E-state index in [9.17, 15) is 18.0 Å². The van der Waals surface area contributed by atoms with Gasteiger partial charge in [-0.3, -0.25) is 9.59 Å². The normalized spacial score (nSPS) is 17.6. The molecule has 8 nitrogen and oxygen atoms in total. The number of nitrogens with one attached hydrogen (secondary N) is 2. The van der Waals surface area contributed by atoms with Gasteiger partial charge in [0.1, 0.15) is 6.04 Å². The van der Waals surface area contributed by atoms with Crippen LogP contribution >= 0.6 is 0 Å². The Morgan fingerprint density at radius 1 is 1.09 bits per heavy atom. The molecule has 1 fully saturated rings. The van der Waals surface area contributed by atoms with E-state index in [4.69, 9.17) is 4.74 Å². The lowest BCUT2D eigenvalue weighted by atomic mass is 9.97. The summed E-state index contributed by atoms with van der Waals surface area (Å²) in [6.07, 6.45) is 2.17. The standard InChI is InChI=1S/C25H33N3O5S/c1-33-17-9-15-26-25(30)23(18-20-10-4-2-5-11-20)27-24(29)21-12-8-16-28(19-21)34(31,32)22-13-6-3-7-14-22/h2-7,10-11,13-14,21,23H,8-9,12,15-19H2,1H3,(H,26,30)(H,27,29). The van der Waals surface area contributed by atoms with Crippen molar-refractivity contribution in [2.75, 3.05) is 33.4 Å². The zero-order chi connectivity index (χ0) is 24.4. The van der Waals surface area contributed by atoms with Crippen LogP contribution in [0, 0.1) is 5.92 Å². The summed E-state index contributed by atoms with van der Waals surface area (Å²) in [7, 11) is -2.07. The molecule has 1 aliphatic heterocycles. The summed E-state index contributed by atoms with van der Waals surface area (Å²) in [5.41, 5.74) is 0.928. The van der Waals surface area contributed by atoms with Crippen molar-refractivity contribution in [1.82, 2.24) is 14.9 Å². The molecule has 184 valence electrons. The van der Waals surface area contributed by atoms with E-state index in [0.29, 0.717) is 45.4 Å². The van der Waals surface area contributed by atoms with Crippen LogP contribution in [0.4, 0.5) is 0 Å². The SMILES string of the molecule is COCCCNC(=O)C(Cc1ccccc1)NC(=O)C1CCCN(S(=O)(=O)c2ccccc2)C1. The van der Waals surface area contributed by atoms with Gasteiger partial charge in [-0.25, -0.2) is 8.42 Å². The van der Waals surface area contributed by atoms with Crippen LogP contribution in [0.15, 0.2) is 65.6 Å². The number of ether oxygens (including phenoxy) is 1. The molecule has 34 heavy (non-hydrogen) atoms. The lowest BCUT2D eigenvalue weighted by Gasteiger charge is -2.32. The first kappa shape index (κ1) is 25.9. The molecule has 0 radical (unpaired) electrons. The van der Waals surface area contributed by atoms with Gasteiger partial charge in [-0.05, 0) is 37.0 Å². The molecule has 1 saturated heterocycles. The van der Waals surface area contributed by atoms with E-state index < -0.39 is 22.0 Å². The second-order valence-corrected chi connectivity index (χ2v) is 10.3. The van der Waals surface area contributed by atoms with Crippen molar-refractivity contribution in [3.8, 4) is 0 Å². The number of hydrogen-bond acceptors (Lipinski definition) is 5. The number of carbonyl (C=O) groups is 2. The van der Waals surface area contributed by atoms with Crippen LogP contribution in [0.5, 0.6) is 0 Å². The van der Waals surface area contributed by atoms with E-state index in [1.807, 2.05) is 30.3 Å². The van der Waals surface area contributed by atoms with Gasteiger partial charge in [0.05, 0.1) is 10.8 Å². The van der Waals surface area contributed by atoms with E-state index in [2.05, 4.69) is 10.6 Å². The van der Waals surface area contributed by atoms with E-state index in [1.165, 1.54) is 4.31 Å². The van der Waals surface area contributed by atoms with E-state index in [0.717, 1.165) is 5.56 Å². The topological polar surface area (TPSA) is 105 Å². The molecule has 2 aromatic carbocycles. The van der Waals surface area contributed by atoms with Crippen LogP contribution in [0.2, 0.25) is 0 Å².